The van der Waals surface area contributed by atoms with Gasteiger partial charge < -0.3 is 5.32 Å². The summed E-state index contributed by atoms with van der Waals surface area (Å²) in [6.07, 6.45) is 0. The molecule has 2 aromatic heterocycles. The third-order valence-corrected chi connectivity index (χ3v) is 6.67. The topological polar surface area (TPSA) is 99.5 Å². The molecule has 0 saturated carbocycles. The van der Waals surface area contributed by atoms with Gasteiger partial charge >= 0.3 is 0 Å². The summed E-state index contributed by atoms with van der Waals surface area (Å²) in [7, 11) is 0. The lowest BCUT2D eigenvalue weighted by molar-refractivity contribution is -0.113. The average molecular weight is 467 g/mol. The van der Waals surface area contributed by atoms with Crippen molar-refractivity contribution in [2.45, 2.75) is 32.9 Å². The van der Waals surface area contributed by atoms with Crippen LogP contribution in [0.3, 0.4) is 0 Å². The Balaban J connectivity index is 1.68. The van der Waals surface area contributed by atoms with E-state index >= 15 is 0 Å². The number of rotatable bonds is 5. The van der Waals surface area contributed by atoms with E-state index in [-0.39, 0.29) is 17.1 Å². The number of fused-ring (bicyclic) bond motifs is 1. The average Bonchev–Trinajstić information content (AvgIpc) is 3.12. The maximum absolute atomic E-state index is 12.6. The number of benzene rings is 2. The largest absolute Gasteiger partial charge is 0.325 e. The number of thioether (sulfide) groups is 1. The quantitative estimate of drug-likeness (QED) is 0.289. The fraction of sp³-hybridized carbons (Fsp3) is 0.217. The van der Waals surface area contributed by atoms with Crippen molar-refractivity contribution < 1.29 is 4.79 Å². The van der Waals surface area contributed by atoms with Gasteiger partial charge in [0, 0.05) is 22.1 Å². The number of carbonyl (C=O) groups excluding carboxylic acids is 1. The Labute approximate surface area is 194 Å². The van der Waals surface area contributed by atoms with E-state index in [0.717, 1.165) is 28.2 Å². The van der Waals surface area contributed by atoms with Crippen LogP contribution >= 0.6 is 23.4 Å². The molecule has 0 spiro atoms. The van der Waals surface area contributed by atoms with Gasteiger partial charge in [-0.15, -0.1) is 0 Å². The highest BCUT2D eigenvalue weighted by Gasteiger charge is 2.17. The molecule has 3 N–H and O–H groups in total. The minimum Gasteiger partial charge on any atom is -0.325 e. The van der Waals surface area contributed by atoms with Gasteiger partial charge in [-0.3, -0.25) is 19.9 Å². The van der Waals surface area contributed by atoms with Crippen LogP contribution in [0.4, 0.5) is 5.69 Å². The number of H-pyrrole nitrogens is 1. The van der Waals surface area contributed by atoms with E-state index in [1.807, 2.05) is 58.0 Å². The van der Waals surface area contributed by atoms with Gasteiger partial charge in [0.2, 0.25) is 5.91 Å². The van der Waals surface area contributed by atoms with E-state index in [9.17, 15) is 4.79 Å². The van der Waals surface area contributed by atoms with Gasteiger partial charge in [-0.1, -0.05) is 29.4 Å². The zero-order valence-corrected chi connectivity index (χ0v) is 19.8. The second kappa shape index (κ2) is 8.80. The highest BCUT2D eigenvalue weighted by atomic mass is 35.5. The Kier molecular flexibility index (Phi) is 6.08. The molecule has 0 aliphatic rings. The predicted molar refractivity (Wildman–Crippen MR) is 129 cm³/mol. The van der Waals surface area contributed by atoms with E-state index in [2.05, 4.69) is 20.5 Å². The summed E-state index contributed by atoms with van der Waals surface area (Å²) in [6, 6.07) is 11.4. The standard InChI is InChI=1S/C23H23ClN6OS/c1-12-5-6-16(9-13(12)2)26-19(31)11-32-23-27-22-20(15(4)28-29-22)21(25)30(23)17-7-8-18(24)14(3)10-17/h5-10,25H,11H2,1-4H3,(H,26,31)(H,28,29). The molecular formula is C23H23ClN6OS. The number of carbonyl (C=O) groups is 1. The number of aryl methyl sites for hydroxylation is 4. The van der Waals surface area contributed by atoms with Gasteiger partial charge in [0.05, 0.1) is 11.1 Å². The van der Waals surface area contributed by atoms with E-state index in [1.54, 1.807) is 10.6 Å². The van der Waals surface area contributed by atoms with Crippen LogP contribution in [0, 0.1) is 33.1 Å². The molecule has 0 unspecified atom stereocenters. The molecule has 0 bridgehead atoms. The Morgan fingerprint density at radius 3 is 2.62 bits per heavy atom. The number of aromatic amines is 1. The fourth-order valence-corrected chi connectivity index (χ4v) is 4.31. The molecule has 0 fully saturated rings. The zero-order chi connectivity index (χ0) is 23.0. The molecule has 1 amide bonds. The maximum atomic E-state index is 12.6. The van der Waals surface area contributed by atoms with E-state index < -0.39 is 0 Å². The molecule has 9 heteroatoms. The van der Waals surface area contributed by atoms with Crippen LogP contribution in [-0.2, 0) is 4.79 Å². The van der Waals surface area contributed by atoms with E-state index in [0.29, 0.717) is 21.2 Å². The van der Waals surface area contributed by atoms with Gasteiger partial charge in [-0.25, -0.2) is 4.98 Å². The van der Waals surface area contributed by atoms with Crippen molar-refractivity contribution in [1.29, 1.82) is 5.41 Å². The van der Waals surface area contributed by atoms with Crippen LogP contribution in [0.5, 0.6) is 0 Å². The second-order valence-corrected chi connectivity index (χ2v) is 9.04. The lowest BCUT2D eigenvalue weighted by Crippen LogP contribution is -2.23. The lowest BCUT2D eigenvalue weighted by Gasteiger charge is -2.14. The molecule has 0 aliphatic heterocycles. The van der Waals surface area contributed by atoms with Crippen molar-refractivity contribution >= 4 is 46.0 Å². The summed E-state index contributed by atoms with van der Waals surface area (Å²) in [4.78, 5) is 17.3. The lowest BCUT2D eigenvalue weighted by atomic mass is 10.1. The third kappa shape index (κ3) is 4.28. The predicted octanol–water partition coefficient (Wildman–Crippen LogP) is 4.85. The second-order valence-electron chi connectivity index (χ2n) is 7.69. The third-order valence-electron chi connectivity index (χ3n) is 5.30. The first-order valence-corrected chi connectivity index (χ1v) is 11.4. The highest BCUT2D eigenvalue weighted by Crippen LogP contribution is 2.25. The first-order valence-electron chi connectivity index (χ1n) is 10.0. The molecule has 164 valence electrons. The normalized spacial score (nSPS) is 11.2. The first kappa shape index (κ1) is 22.1. The first-order chi connectivity index (χ1) is 15.2. The summed E-state index contributed by atoms with van der Waals surface area (Å²) < 4.78 is 1.72. The van der Waals surface area contributed by atoms with Crippen LogP contribution < -0.4 is 10.8 Å². The molecule has 4 aromatic rings. The van der Waals surface area contributed by atoms with Crippen molar-refractivity contribution in [3.05, 3.63) is 69.3 Å². The SMILES string of the molecule is Cc1ccc(NC(=O)CSc2nc3n[nH]c(C)c3c(=N)n2-c2ccc(Cl)c(C)c2)cc1C. The molecule has 2 heterocycles. The Morgan fingerprint density at radius 1 is 1.12 bits per heavy atom. The molecule has 0 aliphatic carbocycles. The molecule has 0 radical (unpaired) electrons. The number of nitrogens with one attached hydrogen (secondary N) is 3. The van der Waals surface area contributed by atoms with E-state index in [1.165, 1.54) is 17.3 Å². The van der Waals surface area contributed by atoms with Crippen LogP contribution in [0.25, 0.3) is 16.7 Å². The van der Waals surface area contributed by atoms with Crippen molar-refractivity contribution in [3.63, 3.8) is 0 Å². The van der Waals surface area contributed by atoms with Crippen LogP contribution in [0.15, 0.2) is 41.6 Å². The zero-order valence-electron chi connectivity index (χ0n) is 18.2. The van der Waals surface area contributed by atoms with Crippen LogP contribution in [0.2, 0.25) is 5.02 Å². The molecule has 4 rings (SSSR count). The van der Waals surface area contributed by atoms with Gasteiger partial charge in [0.15, 0.2) is 10.8 Å². The van der Waals surface area contributed by atoms with Gasteiger partial charge in [0.25, 0.3) is 0 Å². The monoisotopic (exact) mass is 466 g/mol. The summed E-state index contributed by atoms with van der Waals surface area (Å²) in [5, 5.41) is 20.7. The number of amides is 1. The molecule has 32 heavy (non-hydrogen) atoms. The number of hydrogen-bond donors (Lipinski definition) is 3. The molecule has 0 atom stereocenters. The smallest absolute Gasteiger partial charge is 0.234 e. The van der Waals surface area contributed by atoms with Crippen molar-refractivity contribution in [1.82, 2.24) is 19.7 Å². The fourth-order valence-electron chi connectivity index (χ4n) is 3.38. The number of aromatic nitrogens is 4. The van der Waals surface area contributed by atoms with Crippen molar-refractivity contribution in [2.24, 2.45) is 0 Å². The number of anilines is 1. The van der Waals surface area contributed by atoms with E-state index in [4.69, 9.17) is 17.0 Å². The van der Waals surface area contributed by atoms with Gasteiger partial charge in [-0.05, 0) is 74.7 Å². The van der Waals surface area contributed by atoms with Gasteiger partial charge in [-0.2, -0.15) is 5.10 Å². The number of nitrogens with zero attached hydrogens (tertiary/aromatic N) is 3. The summed E-state index contributed by atoms with van der Waals surface area (Å²) in [5.41, 5.74) is 6.16. The summed E-state index contributed by atoms with van der Waals surface area (Å²) >= 11 is 7.46. The molecule has 0 saturated heterocycles. The summed E-state index contributed by atoms with van der Waals surface area (Å²) in [5.74, 6) is -0.00960. The molecular weight excluding hydrogens is 444 g/mol. The number of halogens is 1. The Morgan fingerprint density at radius 2 is 1.91 bits per heavy atom. The van der Waals surface area contributed by atoms with Crippen molar-refractivity contribution in [3.8, 4) is 5.69 Å². The minimum absolute atomic E-state index is 0.140. The minimum atomic E-state index is -0.149. The molecule has 2 aromatic carbocycles. The Bertz CT molecular complexity index is 1410. The van der Waals surface area contributed by atoms with Crippen molar-refractivity contribution in [2.75, 3.05) is 11.1 Å². The maximum Gasteiger partial charge on any atom is 0.234 e. The Hall–Kier alpha value is -3.10. The highest BCUT2D eigenvalue weighted by molar-refractivity contribution is 7.99. The molecule has 7 nitrogen and oxygen atoms in total. The van der Waals surface area contributed by atoms with Crippen LogP contribution in [-0.4, -0.2) is 31.4 Å². The van der Waals surface area contributed by atoms with Gasteiger partial charge in [0.1, 0.15) is 5.49 Å². The number of hydrogen-bond acceptors (Lipinski definition) is 5. The summed E-state index contributed by atoms with van der Waals surface area (Å²) in [6.45, 7) is 7.81. The van der Waals surface area contributed by atoms with Crippen LogP contribution in [0.1, 0.15) is 22.4 Å².